The zero-order valence-corrected chi connectivity index (χ0v) is 20.7. The van der Waals surface area contributed by atoms with E-state index in [-0.39, 0.29) is 41.9 Å². The van der Waals surface area contributed by atoms with Gasteiger partial charge in [0.2, 0.25) is 15.9 Å². The Labute approximate surface area is 197 Å². The summed E-state index contributed by atoms with van der Waals surface area (Å²) in [6.45, 7) is 4.01. The number of carbonyl (C=O) groups is 1. The summed E-state index contributed by atoms with van der Waals surface area (Å²) in [4.78, 5) is 14.4. The second kappa shape index (κ2) is 9.76. The molecule has 3 atom stereocenters. The molecule has 0 unspecified atom stereocenters. The Morgan fingerprint density at radius 2 is 2.06 bits per heavy atom. The molecular weight excluding hydrogens is 440 g/mol. The van der Waals surface area contributed by atoms with E-state index in [1.165, 1.54) is 16.3 Å². The molecule has 1 N–H and O–H groups in total. The van der Waals surface area contributed by atoms with Crippen LogP contribution in [-0.4, -0.2) is 67.5 Å². The standard InChI is InChI=1S/C25H36N2O5S/c1-17-14-27(18(2)16-28)33(30,31)24-12-11-21(19-7-5-4-6-8-19)13-22(24)32-23(17)15-26(3)25(29)20-9-10-20/h7,11-13,17-18,20,23,28H,4-6,8-10,14-16H2,1-3H3/t17-,18+,23-/m0/s1. The van der Waals surface area contributed by atoms with Crippen LogP contribution in [0.15, 0.2) is 29.2 Å². The van der Waals surface area contributed by atoms with Crippen molar-refractivity contribution in [2.45, 2.75) is 69.4 Å². The number of sulfonamides is 1. The summed E-state index contributed by atoms with van der Waals surface area (Å²) in [5, 5.41) is 9.78. The lowest BCUT2D eigenvalue weighted by atomic mass is 9.93. The maximum atomic E-state index is 13.6. The molecule has 1 saturated carbocycles. The number of hydrogen-bond donors (Lipinski definition) is 1. The number of likely N-dealkylation sites (N-methyl/N-ethyl adjacent to an activating group) is 1. The van der Waals surface area contributed by atoms with Crippen LogP contribution < -0.4 is 4.74 Å². The molecular formula is C25H36N2O5S. The van der Waals surface area contributed by atoms with Crippen molar-refractivity contribution in [1.82, 2.24) is 9.21 Å². The molecule has 1 aromatic rings. The molecule has 0 spiro atoms. The Balaban J connectivity index is 1.73. The molecule has 1 aliphatic heterocycles. The third kappa shape index (κ3) is 5.12. The summed E-state index contributed by atoms with van der Waals surface area (Å²) in [6.07, 6.45) is 8.03. The molecule has 8 heteroatoms. The Kier molecular flexibility index (Phi) is 7.17. The van der Waals surface area contributed by atoms with Crippen LogP contribution >= 0.6 is 0 Å². The highest BCUT2D eigenvalue weighted by molar-refractivity contribution is 7.89. The zero-order chi connectivity index (χ0) is 23.8. The number of amides is 1. The largest absolute Gasteiger partial charge is 0.487 e. The van der Waals surface area contributed by atoms with E-state index >= 15 is 0 Å². The minimum atomic E-state index is -3.86. The monoisotopic (exact) mass is 476 g/mol. The van der Waals surface area contributed by atoms with Crippen molar-refractivity contribution in [3.63, 3.8) is 0 Å². The summed E-state index contributed by atoms with van der Waals surface area (Å²) in [7, 11) is -2.06. The molecule has 2 aliphatic carbocycles. The molecule has 0 aromatic heterocycles. The lowest BCUT2D eigenvalue weighted by molar-refractivity contribution is -0.132. The summed E-state index contributed by atoms with van der Waals surface area (Å²) in [6, 6.07) is 4.79. The van der Waals surface area contributed by atoms with Crippen LogP contribution in [0, 0.1) is 11.8 Å². The van der Waals surface area contributed by atoms with E-state index < -0.39 is 16.1 Å². The Morgan fingerprint density at radius 1 is 1.30 bits per heavy atom. The van der Waals surface area contributed by atoms with Gasteiger partial charge < -0.3 is 14.7 Å². The first-order valence-electron chi connectivity index (χ1n) is 12.1. The minimum Gasteiger partial charge on any atom is -0.487 e. The molecule has 0 radical (unpaired) electrons. The number of allylic oxidation sites excluding steroid dienone is 2. The van der Waals surface area contributed by atoms with Crippen molar-refractivity contribution in [3.05, 3.63) is 29.8 Å². The molecule has 1 heterocycles. The van der Waals surface area contributed by atoms with Gasteiger partial charge in [-0.1, -0.05) is 19.1 Å². The lowest BCUT2D eigenvalue weighted by Gasteiger charge is -2.37. The van der Waals surface area contributed by atoms with E-state index in [1.807, 2.05) is 19.1 Å². The first-order valence-corrected chi connectivity index (χ1v) is 13.5. The predicted octanol–water partition coefficient (Wildman–Crippen LogP) is 3.28. The molecule has 4 rings (SSSR count). The maximum absolute atomic E-state index is 13.6. The van der Waals surface area contributed by atoms with Crippen molar-refractivity contribution in [1.29, 1.82) is 0 Å². The van der Waals surface area contributed by atoms with Crippen LogP contribution in [0.4, 0.5) is 0 Å². The maximum Gasteiger partial charge on any atom is 0.247 e. The Morgan fingerprint density at radius 3 is 2.70 bits per heavy atom. The number of ether oxygens (including phenoxy) is 1. The van der Waals surface area contributed by atoms with Gasteiger partial charge >= 0.3 is 0 Å². The lowest BCUT2D eigenvalue weighted by Crippen LogP contribution is -2.50. The fourth-order valence-electron chi connectivity index (χ4n) is 4.75. The van der Waals surface area contributed by atoms with Crippen LogP contribution in [-0.2, 0) is 14.8 Å². The average Bonchev–Trinajstić information content (AvgIpc) is 3.66. The van der Waals surface area contributed by atoms with E-state index in [0.29, 0.717) is 12.3 Å². The molecule has 7 nitrogen and oxygen atoms in total. The number of rotatable bonds is 6. The number of carbonyl (C=O) groups excluding carboxylic acids is 1. The van der Waals surface area contributed by atoms with Crippen molar-refractivity contribution in [2.24, 2.45) is 11.8 Å². The smallest absolute Gasteiger partial charge is 0.247 e. The van der Waals surface area contributed by atoms with Crippen molar-refractivity contribution in [3.8, 4) is 5.75 Å². The van der Waals surface area contributed by atoms with Crippen LogP contribution in [0.5, 0.6) is 5.75 Å². The topological polar surface area (TPSA) is 87.2 Å². The second-order valence-electron chi connectivity index (χ2n) is 9.87. The van der Waals surface area contributed by atoms with Crippen LogP contribution in [0.1, 0.15) is 57.9 Å². The predicted molar refractivity (Wildman–Crippen MR) is 127 cm³/mol. The van der Waals surface area contributed by atoms with E-state index in [0.717, 1.165) is 37.7 Å². The zero-order valence-electron chi connectivity index (χ0n) is 19.9. The number of aliphatic hydroxyl groups is 1. The van der Waals surface area contributed by atoms with Crippen molar-refractivity contribution < 1.29 is 23.1 Å². The normalized spacial score (nSPS) is 26.2. The van der Waals surface area contributed by atoms with Crippen molar-refractivity contribution >= 4 is 21.5 Å². The molecule has 0 bridgehead atoms. The van der Waals surface area contributed by atoms with Gasteiger partial charge in [-0.3, -0.25) is 4.79 Å². The van der Waals surface area contributed by atoms with Gasteiger partial charge in [0.25, 0.3) is 0 Å². The molecule has 1 aromatic carbocycles. The van der Waals surface area contributed by atoms with Gasteiger partial charge in [-0.2, -0.15) is 4.31 Å². The quantitative estimate of drug-likeness (QED) is 0.681. The van der Waals surface area contributed by atoms with Gasteiger partial charge in [0, 0.05) is 31.5 Å². The fourth-order valence-corrected chi connectivity index (χ4v) is 6.57. The van der Waals surface area contributed by atoms with Crippen LogP contribution in [0.2, 0.25) is 0 Å². The first kappa shape index (κ1) is 24.2. The van der Waals surface area contributed by atoms with E-state index in [9.17, 15) is 18.3 Å². The Bertz CT molecular complexity index is 1020. The highest BCUT2D eigenvalue weighted by Gasteiger charge is 2.39. The summed E-state index contributed by atoms with van der Waals surface area (Å²) < 4.78 is 35.0. The molecule has 1 fully saturated rings. The number of fused-ring (bicyclic) bond motifs is 1. The van der Waals surface area contributed by atoms with Gasteiger partial charge in [-0.05, 0) is 68.7 Å². The van der Waals surface area contributed by atoms with Crippen LogP contribution in [0.25, 0.3) is 5.57 Å². The van der Waals surface area contributed by atoms with Gasteiger partial charge in [0.15, 0.2) is 0 Å². The number of aliphatic hydroxyl groups excluding tert-OH is 1. The van der Waals surface area contributed by atoms with Gasteiger partial charge in [0.1, 0.15) is 16.7 Å². The number of nitrogens with zero attached hydrogens (tertiary/aromatic N) is 2. The highest BCUT2D eigenvalue weighted by atomic mass is 32.2. The molecule has 0 saturated heterocycles. The van der Waals surface area contributed by atoms with Crippen LogP contribution in [0.3, 0.4) is 0 Å². The molecule has 182 valence electrons. The van der Waals surface area contributed by atoms with Crippen molar-refractivity contribution in [2.75, 3.05) is 26.7 Å². The summed E-state index contributed by atoms with van der Waals surface area (Å²) in [5.74, 6) is 0.400. The van der Waals surface area contributed by atoms with Gasteiger partial charge in [-0.15, -0.1) is 0 Å². The first-order chi connectivity index (χ1) is 15.7. The number of benzene rings is 1. The molecule has 33 heavy (non-hydrogen) atoms. The SMILES string of the molecule is C[C@H](CO)N1C[C@H](C)[C@H](CN(C)C(=O)C2CC2)Oc2cc(C3=CCCCC3)ccc2S1(=O)=O. The van der Waals surface area contributed by atoms with E-state index in [1.54, 1.807) is 24.9 Å². The summed E-state index contributed by atoms with van der Waals surface area (Å²) in [5.41, 5.74) is 2.21. The minimum absolute atomic E-state index is 0.113. The van der Waals surface area contributed by atoms with E-state index in [2.05, 4.69) is 6.08 Å². The molecule has 3 aliphatic rings. The number of hydrogen-bond acceptors (Lipinski definition) is 5. The molecule has 1 amide bonds. The highest BCUT2D eigenvalue weighted by Crippen LogP contribution is 2.37. The van der Waals surface area contributed by atoms with Gasteiger partial charge in [-0.25, -0.2) is 8.42 Å². The van der Waals surface area contributed by atoms with Gasteiger partial charge in [0.05, 0.1) is 13.2 Å². The Hall–Kier alpha value is -1.90. The summed E-state index contributed by atoms with van der Waals surface area (Å²) >= 11 is 0. The van der Waals surface area contributed by atoms with E-state index in [4.69, 9.17) is 4.74 Å². The second-order valence-corrected chi connectivity index (χ2v) is 11.7. The fraction of sp³-hybridized carbons (Fsp3) is 0.640. The third-order valence-electron chi connectivity index (χ3n) is 7.09. The third-order valence-corrected chi connectivity index (χ3v) is 9.11. The average molecular weight is 477 g/mol.